The van der Waals surface area contributed by atoms with Crippen molar-refractivity contribution < 1.29 is 19.8 Å². The number of aromatic carboxylic acids is 1. The number of hydrogen-bond donors (Lipinski definition) is 3. The zero-order chi connectivity index (χ0) is 12.4. The van der Waals surface area contributed by atoms with Crippen molar-refractivity contribution in [3.05, 3.63) is 23.8 Å². The van der Waals surface area contributed by atoms with Crippen molar-refractivity contribution >= 4 is 17.6 Å². The van der Waals surface area contributed by atoms with E-state index in [4.69, 9.17) is 5.11 Å². The van der Waals surface area contributed by atoms with Gasteiger partial charge in [0.05, 0.1) is 11.3 Å². The van der Waals surface area contributed by atoms with Crippen LogP contribution in [0.15, 0.2) is 18.2 Å². The molecule has 0 saturated heterocycles. The lowest BCUT2D eigenvalue weighted by molar-refractivity contribution is -0.122. The van der Waals surface area contributed by atoms with E-state index < -0.39 is 5.97 Å². The molecule has 1 aliphatic rings. The standard InChI is InChI=1S/C12H13NO4/c14-8-4-5-10(9(6-8)12(16)17)13-11(15)7-2-1-3-7/h4-7,14H,1-3H2,(H,13,15)(H,16,17). The van der Waals surface area contributed by atoms with Crippen molar-refractivity contribution in [2.45, 2.75) is 19.3 Å². The number of rotatable bonds is 3. The Morgan fingerprint density at radius 1 is 1.29 bits per heavy atom. The summed E-state index contributed by atoms with van der Waals surface area (Å²) in [6.07, 6.45) is 2.75. The van der Waals surface area contributed by atoms with E-state index >= 15 is 0 Å². The van der Waals surface area contributed by atoms with E-state index in [1.807, 2.05) is 0 Å². The molecule has 90 valence electrons. The minimum absolute atomic E-state index is 0.00884. The van der Waals surface area contributed by atoms with E-state index in [9.17, 15) is 14.7 Å². The van der Waals surface area contributed by atoms with Gasteiger partial charge in [0.2, 0.25) is 5.91 Å². The maximum Gasteiger partial charge on any atom is 0.337 e. The molecule has 5 heteroatoms. The summed E-state index contributed by atoms with van der Waals surface area (Å²) in [5, 5.41) is 20.8. The number of hydrogen-bond acceptors (Lipinski definition) is 3. The highest BCUT2D eigenvalue weighted by molar-refractivity contribution is 6.01. The topological polar surface area (TPSA) is 86.6 Å². The normalized spacial score (nSPS) is 15.1. The molecule has 0 unspecified atom stereocenters. The molecule has 0 aliphatic heterocycles. The number of amides is 1. The Hall–Kier alpha value is -2.04. The maximum absolute atomic E-state index is 11.7. The van der Waals surface area contributed by atoms with Crippen LogP contribution in [0.3, 0.4) is 0 Å². The minimum Gasteiger partial charge on any atom is -0.508 e. The third kappa shape index (κ3) is 2.38. The molecule has 1 saturated carbocycles. The Bertz CT molecular complexity index is 466. The molecule has 5 nitrogen and oxygen atoms in total. The van der Waals surface area contributed by atoms with Crippen LogP contribution in [0.2, 0.25) is 0 Å². The number of anilines is 1. The summed E-state index contributed by atoms with van der Waals surface area (Å²) in [4.78, 5) is 22.6. The maximum atomic E-state index is 11.7. The number of phenols is 1. The van der Waals surface area contributed by atoms with Crippen molar-refractivity contribution in [1.29, 1.82) is 0 Å². The quantitative estimate of drug-likeness (QED) is 0.697. The number of carbonyl (C=O) groups is 2. The van der Waals surface area contributed by atoms with Crippen molar-refractivity contribution in [3.63, 3.8) is 0 Å². The molecule has 0 bridgehead atoms. The molecule has 0 radical (unpaired) electrons. The molecule has 3 N–H and O–H groups in total. The summed E-state index contributed by atoms with van der Waals surface area (Å²) in [5.74, 6) is -1.47. The Morgan fingerprint density at radius 2 is 2.00 bits per heavy atom. The van der Waals surface area contributed by atoms with E-state index in [0.29, 0.717) is 0 Å². The highest BCUT2D eigenvalue weighted by Gasteiger charge is 2.26. The Labute approximate surface area is 98.1 Å². The van der Waals surface area contributed by atoms with Gasteiger partial charge in [-0.3, -0.25) is 4.79 Å². The summed E-state index contributed by atoms with van der Waals surface area (Å²) in [6.45, 7) is 0. The van der Waals surface area contributed by atoms with Crippen molar-refractivity contribution in [3.8, 4) is 5.75 Å². The lowest BCUT2D eigenvalue weighted by atomic mass is 9.85. The molecular formula is C12H13NO4. The van der Waals surface area contributed by atoms with Crippen LogP contribution in [0.4, 0.5) is 5.69 Å². The van der Waals surface area contributed by atoms with Crippen LogP contribution in [-0.4, -0.2) is 22.1 Å². The van der Waals surface area contributed by atoms with Gasteiger partial charge in [-0.15, -0.1) is 0 Å². The molecule has 0 aromatic heterocycles. The lowest BCUT2D eigenvalue weighted by Crippen LogP contribution is -2.28. The second kappa shape index (κ2) is 4.45. The number of carboxylic acid groups (broad SMARTS) is 1. The van der Waals surface area contributed by atoms with Gasteiger partial charge in [-0.1, -0.05) is 6.42 Å². The lowest BCUT2D eigenvalue weighted by Gasteiger charge is -2.24. The molecule has 1 aromatic carbocycles. The smallest absolute Gasteiger partial charge is 0.337 e. The highest BCUT2D eigenvalue weighted by atomic mass is 16.4. The molecule has 1 aliphatic carbocycles. The summed E-state index contributed by atoms with van der Waals surface area (Å²) in [6, 6.07) is 3.87. The Kier molecular flexibility index (Phi) is 2.99. The summed E-state index contributed by atoms with van der Waals surface area (Å²) < 4.78 is 0. The van der Waals surface area contributed by atoms with Gasteiger partial charge in [0.15, 0.2) is 0 Å². The molecule has 0 spiro atoms. The molecule has 0 heterocycles. The number of benzene rings is 1. The van der Waals surface area contributed by atoms with E-state index in [1.165, 1.54) is 12.1 Å². The average Bonchev–Trinajstić information content (AvgIpc) is 2.17. The SMILES string of the molecule is O=C(O)c1cc(O)ccc1NC(=O)C1CCC1. The number of nitrogens with one attached hydrogen (secondary N) is 1. The third-order valence-corrected chi connectivity index (χ3v) is 2.97. The predicted octanol–water partition coefficient (Wildman–Crippen LogP) is 1.83. The highest BCUT2D eigenvalue weighted by Crippen LogP contribution is 2.29. The van der Waals surface area contributed by atoms with Gasteiger partial charge in [-0.2, -0.15) is 0 Å². The fourth-order valence-corrected chi connectivity index (χ4v) is 1.72. The fourth-order valence-electron chi connectivity index (χ4n) is 1.72. The first-order valence-electron chi connectivity index (χ1n) is 5.45. The Morgan fingerprint density at radius 3 is 2.53 bits per heavy atom. The molecule has 0 atom stereocenters. The summed E-state index contributed by atoms with van der Waals surface area (Å²) in [5.41, 5.74) is 0.130. The van der Waals surface area contributed by atoms with Crippen LogP contribution in [0, 0.1) is 5.92 Å². The fraction of sp³-hybridized carbons (Fsp3) is 0.333. The zero-order valence-corrected chi connectivity index (χ0v) is 9.14. The zero-order valence-electron chi connectivity index (χ0n) is 9.14. The van der Waals surface area contributed by atoms with Gasteiger partial charge in [0, 0.05) is 5.92 Å². The number of carboxylic acids is 1. The second-order valence-electron chi connectivity index (χ2n) is 4.15. The van der Waals surface area contributed by atoms with Gasteiger partial charge in [-0.05, 0) is 31.0 Å². The van der Waals surface area contributed by atoms with Crippen LogP contribution in [-0.2, 0) is 4.79 Å². The molecular weight excluding hydrogens is 222 g/mol. The van der Waals surface area contributed by atoms with Gasteiger partial charge in [-0.25, -0.2) is 4.79 Å². The van der Waals surface area contributed by atoms with Crippen LogP contribution in [0.5, 0.6) is 5.75 Å². The van der Waals surface area contributed by atoms with E-state index in [1.54, 1.807) is 0 Å². The van der Waals surface area contributed by atoms with Crippen molar-refractivity contribution in [2.24, 2.45) is 5.92 Å². The van der Waals surface area contributed by atoms with Crippen molar-refractivity contribution in [2.75, 3.05) is 5.32 Å². The van der Waals surface area contributed by atoms with Gasteiger partial charge >= 0.3 is 5.97 Å². The monoisotopic (exact) mass is 235 g/mol. The predicted molar refractivity (Wildman–Crippen MR) is 61.0 cm³/mol. The van der Waals surface area contributed by atoms with Crippen molar-refractivity contribution in [1.82, 2.24) is 0 Å². The molecule has 1 aromatic rings. The van der Waals surface area contributed by atoms with E-state index in [2.05, 4.69) is 5.32 Å². The van der Waals surface area contributed by atoms with E-state index in [0.717, 1.165) is 25.3 Å². The van der Waals surface area contributed by atoms with Gasteiger partial charge < -0.3 is 15.5 Å². The number of phenolic OH excluding ortho intramolecular Hbond substituents is 1. The molecule has 1 amide bonds. The number of aromatic hydroxyl groups is 1. The van der Waals surface area contributed by atoms with E-state index in [-0.39, 0.29) is 28.8 Å². The van der Waals surface area contributed by atoms with Crippen LogP contribution >= 0.6 is 0 Å². The van der Waals surface area contributed by atoms with Gasteiger partial charge in [0.25, 0.3) is 0 Å². The molecule has 17 heavy (non-hydrogen) atoms. The number of carbonyl (C=O) groups excluding carboxylic acids is 1. The van der Waals surface area contributed by atoms with Crippen LogP contribution in [0.1, 0.15) is 29.6 Å². The first-order valence-corrected chi connectivity index (χ1v) is 5.45. The Balaban J connectivity index is 2.19. The third-order valence-electron chi connectivity index (χ3n) is 2.97. The summed E-state index contributed by atoms with van der Waals surface area (Å²) >= 11 is 0. The van der Waals surface area contributed by atoms with Crippen LogP contribution < -0.4 is 5.32 Å². The van der Waals surface area contributed by atoms with Crippen LogP contribution in [0.25, 0.3) is 0 Å². The summed E-state index contributed by atoms with van der Waals surface area (Å²) in [7, 11) is 0. The molecule has 1 fully saturated rings. The van der Waals surface area contributed by atoms with Gasteiger partial charge in [0.1, 0.15) is 5.75 Å². The first kappa shape index (κ1) is 11.4. The largest absolute Gasteiger partial charge is 0.508 e. The minimum atomic E-state index is -1.18. The molecule has 2 rings (SSSR count). The average molecular weight is 235 g/mol. The first-order chi connectivity index (χ1) is 8.08. The second-order valence-corrected chi connectivity index (χ2v) is 4.15.